The van der Waals surface area contributed by atoms with Crippen LogP contribution in [0.3, 0.4) is 0 Å². The summed E-state index contributed by atoms with van der Waals surface area (Å²) >= 11 is 0. The molecule has 0 aromatic rings. The van der Waals surface area contributed by atoms with Gasteiger partial charge in [0.1, 0.15) is 5.70 Å². The summed E-state index contributed by atoms with van der Waals surface area (Å²) in [6, 6.07) is 0. The van der Waals surface area contributed by atoms with Crippen LogP contribution in [0.2, 0.25) is 0 Å². The molecular weight excluding hydrogens is 168 g/mol. The minimum absolute atomic E-state index is 0.258. The van der Waals surface area contributed by atoms with Crippen molar-refractivity contribution in [1.29, 1.82) is 0 Å². The maximum Gasteiger partial charge on any atom is 0.356 e. The van der Waals surface area contributed by atoms with Crippen molar-refractivity contribution in [3.05, 3.63) is 11.4 Å². The average molecular weight is 184 g/mol. The zero-order chi connectivity index (χ0) is 10.0. The molecule has 0 aliphatic carbocycles. The molecule has 1 aliphatic rings. The molecule has 4 nitrogen and oxygen atoms in total. The average Bonchev–Trinajstić information content (AvgIpc) is 2.12. The molecule has 1 heterocycles. The van der Waals surface area contributed by atoms with E-state index in [9.17, 15) is 4.79 Å². The van der Waals surface area contributed by atoms with Crippen LogP contribution >= 0.6 is 0 Å². The van der Waals surface area contributed by atoms with Crippen molar-refractivity contribution in [2.24, 2.45) is 0 Å². The molecule has 0 spiro atoms. The molecule has 0 amide bonds. The monoisotopic (exact) mass is 184 g/mol. The highest BCUT2D eigenvalue weighted by Gasteiger charge is 2.24. The van der Waals surface area contributed by atoms with Crippen LogP contribution in [-0.2, 0) is 9.53 Å². The van der Waals surface area contributed by atoms with Gasteiger partial charge in [-0.15, -0.1) is 0 Å². The third-order valence-electron chi connectivity index (χ3n) is 2.45. The fourth-order valence-corrected chi connectivity index (χ4v) is 1.44. The molecule has 0 aromatic heterocycles. The Morgan fingerprint density at radius 3 is 2.38 bits per heavy atom. The van der Waals surface area contributed by atoms with E-state index in [4.69, 9.17) is 4.74 Å². The van der Waals surface area contributed by atoms with Gasteiger partial charge < -0.3 is 14.5 Å². The molecule has 13 heavy (non-hydrogen) atoms. The van der Waals surface area contributed by atoms with Crippen LogP contribution in [0.15, 0.2) is 11.4 Å². The summed E-state index contributed by atoms with van der Waals surface area (Å²) in [5.41, 5.74) is 1.64. The summed E-state index contributed by atoms with van der Waals surface area (Å²) < 4.78 is 4.71. The normalized spacial score (nSPS) is 17.8. The van der Waals surface area contributed by atoms with Crippen LogP contribution in [0, 0.1) is 0 Å². The fraction of sp³-hybridized carbons (Fsp3) is 0.667. The number of likely N-dealkylation sites (N-methyl/N-ethyl adjacent to an activating group) is 2. The Kier molecular flexibility index (Phi) is 2.80. The Balaban J connectivity index is 2.98. The first-order valence-corrected chi connectivity index (χ1v) is 4.29. The number of carbonyl (C=O) groups is 1. The Bertz CT molecular complexity index is 248. The van der Waals surface area contributed by atoms with Crippen LogP contribution in [0.25, 0.3) is 0 Å². The summed E-state index contributed by atoms with van der Waals surface area (Å²) in [4.78, 5) is 15.4. The minimum atomic E-state index is -0.258. The van der Waals surface area contributed by atoms with E-state index in [1.807, 2.05) is 25.9 Å². The first-order chi connectivity index (χ1) is 6.07. The molecule has 0 bridgehead atoms. The third-order valence-corrected chi connectivity index (χ3v) is 2.45. The number of hydrogen-bond donors (Lipinski definition) is 0. The van der Waals surface area contributed by atoms with Crippen molar-refractivity contribution >= 4 is 5.97 Å². The zero-order valence-electron chi connectivity index (χ0n) is 8.63. The van der Waals surface area contributed by atoms with Gasteiger partial charge in [0.15, 0.2) is 0 Å². The van der Waals surface area contributed by atoms with Gasteiger partial charge >= 0.3 is 5.97 Å². The summed E-state index contributed by atoms with van der Waals surface area (Å²) in [5.74, 6) is -0.258. The quantitative estimate of drug-likeness (QED) is 0.548. The number of ether oxygens (including phenoxy) is 1. The van der Waals surface area contributed by atoms with Crippen LogP contribution in [0.5, 0.6) is 0 Å². The van der Waals surface area contributed by atoms with E-state index in [0.29, 0.717) is 5.70 Å². The van der Waals surface area contributed by atoms with Crippen molar-refractivity contribution in [1.82, 2.24) is 9.80 Å². The predicted molar refractivity (Wildman–Crippen MR) is 50.0 cm³/mol. The number of carbonyl (C=O) groups excluding carboxylic acids is 1. The lowest BCUT2D eigenvalue weighted by atomic mass is 10.2. The lowest BCUT2D eigenvalue weighted by molar-refractivity contribution is -0.138. The summed E-state index contributed by atoms with van der Waals surface area (Å²) in [6.07, 6.45) is 0. The molecular formula is C9H16N2O2. The molecule has 0 fully saturated rings. The Morgan fingerprint density at radius 1 is 1.31 bits per heavy atom. The molecule has 1 rings (SSSR count). The van der Waals surface area contributed by atoms with Gasteiger partial charge in [-0.05, 0) is 6.92 Å². The number of methoxy groups -OCH3 is 1. The van der Waals surface area contributed by atoms with E-state index in [2.05, 4.69) is 4.90 Å². The smallest absolute Gasteiger partial charge is 0.356 e. The van der Waals surface area contributed by atoms with Crippen molar-refractivity contribution < 1.29 is 9.53 Å². The molecule has 0 saturated heterocycles. The van der Waals surface area contributed by atoms with Crippen molar-refractivity contribution in [3.63, 3.8) is 0 Å². The predicted octanol–water partition coefficient (Wildman–Crippen LogP) is 0.268. The Labute approximate surface area is 78.8 Å². The number of rotatable bonds is 1. The van der Waals surface area contributed by atoms with Crippen LogP contribution in [0.4, 0.5) is 0 Å². The largest absolute Gasteiger partial charge is 0.464 e. The molecule has 4 heteroatoms. The first-order valence-electron chi connectivity index (χ1n) is 4.29. The lowest BCUT2D eigenvalue weighted by Crippen LogP contribution is -2.40. The highest BCUT2D eigenvalue weighted by Crippen LogP contribution is 2.17. The van der Waals surface area contributed by atoms with Gasteiger partial charge in [0.2, 0.25) is 0 Å². The molecule has 1 aliphatic heterocycles. The minimum Gasteiger partial charge on any atom is -0.464 e. The number of allylic oxidation sites excluding steroid dienone is 1. The highest BCUT2D eigenvalue weighted by atomic mass is 16.5. The van der Waals surface area contributed by atoms with E-state index >= 15 is 0 Å². The Hall–Kier alpha value is -1.19. The van der Waals surface area contributed by atoms with Gasteiger partial charge in [-0.2, -0.15) is 0 Å². The molecule has 0 saturated carbocycles. The van der Waals surface area contributed by atoms with E-state index in [1.165, 1.54) is 7.11 Å². The van der Waals surface area contributed by atoms with Gasteiger partial charge in [0.25, 0.3) is 0 Å². The number of esters is 1. The number of nitrogens with zero attached hydrogens (tertiary/aromatic N) is 2. The van der Waals surface area contributed by atoms with E-state index in [-0.39, 0.29) is 5.97 Å². The fourth-order valence-electron chi connectivity index (χ4n) is 1.44. The zero-order valence-corrected chi connectivity index (χ0v) is 8.63. The molecule has 0 unspecified atom stereocenters. The van der Waals surface area contributed by atoms with Crippen molar-refractivity contribution in [3.8, 4) is 0 Å². The highest BCUT2D eigenvalue weighted by molar-refractivity contribution is 5.88. The van der Waals surface area contributed by atoms with Crippen LogP contribution in [0.1, 0.15) is 6.92 Å². The maximum atomic E-state index is 11.4. The molecule has 74 valence electrons. The van der Waals surface area contributed by atoms with Crippen molar-refractivity contribution in [2.75, 3.05) is 34.3 Å². The van der Waals surface area contributed by atoms with Crippen molar-refractivity contribution in [2.45, 2.75) is 6.92 Å². The van der Waals surface area contributed by atoms with Gasteiger partial charge in [-0.1, -0.05) is 0 Å². The van der Waals surface area contributed by atoms with E-state index in [0.717, 1.165) is 18.8 Å². The number of hydrogen-bond acceptors (Lipinski definition) is 4. The van der Waals surface area contributed by atoms with Gasteiger partial charge in [-0.3, -0.25) is 0 Å². The SMILES string of the molecule is COC(=O)C1=C(C)N(C)CCN1C. The second kappa shape index (κ2) is 3.68. The second-order valence-corrected chi connectivity index (χ2v) is 3.27. The van der Waals surface area contributed by atoms with E-state index in [1.54, 1.807) is 0 Å². The van der Waals surface area contributed by atoms with Gasteiger partial charge in [-0.25, -0.2) is 4.79 Å². The summed E-state index contributed by atoms with van der Waals surface area (Å²) in [7, 11) is 5.29. The van der Waals surface area contributed by atoms with Crippen LogP contribution < -0.4 is 0 Å². The lowest BCUT2D eigenvalue weighted by Gasteiger charge is -2.34. The Morgan fingerprint density at radius 2 is 1.85 bits per heavy atom. The van der Waals surface area contributed by atoms with Gasteiger partial charge in [0, 0.05) is 32.9 Å². The van der Waals surface area contributed by atoms with Gasteiger partial charge in [0.05, 0.1) is 7.11 Å². The molecule has 0 N–H and O–H groups in total. The molecule has 0 radical (unpaired) electrons. The molecule has 0 atom stereocenters. The van der Waals surface area contributed by atoms with E-state index < -0.39 is 0 Å². The standard InChI is InChI=1S/C9H16N2O2/c1-7-8(9(12)13-4)11(3)6-5-10(7)2/h5-6H2,1-4H3. The molecule has 0 aromatic carbocycles. The first kappa shape index (κ1) is 9.89. The summed E-state index contributed by atoms with van der Waals surface area (Å²) in [5, 5.41) is 0. The maximum absolute atomic E-state index is 11.4. The van der Waals surface area contributed by atoms with Crippen LogP contribution in [-0.4, -0.2) is 50.1 Å². The topological polar surface area (TPSA) is 32.8 Å². The summed E-state index contributed by atoms with van der Waals surface area (Å²) in [6.45, 7) is 3.74. The second-order valence-electron chi connectivity index (χ2n) is 3.27. The third kappa shape index (κ3) is 1.76.